The first-order valence-corrected chi connectivity index (χ1v) is 6.03. The van der Waals surface area contributed by atoms with Gasteiger partial charge in [0.05, 0.1) is 0 Å². The molecular formula is C12H20N2O5. The summed E-state index contributed by atoms with van der Waals surface area (Å²) in [5.74, 6) is -2.35. The third-order valence-corrected chi connectivity index (χ3v) is 2.37. The highest BCUT2D eigenvalue weighted by molar-refractivity contribution is 5.83. The number of nitrogens with one attached hydrogen (secondary N) is 1. The standard InChI is InChI=1S/C12H20N2O5/c1-3-7-14(8-4-2)12(19)13-9(11(17)18)5-6-10(15)16/h3,9H,1,4-8H2,2H3,(H,13,19)(H,15,16)(H,17,18)/t9-/m0/s1. The summed E-state index contributed by atoms with van der Waals surface area (Å²) < 4.78 is 0. The fourth-order valence-electron chi connectivity index (χ4n) is 1.47. The molecule has 2 amide bonds. The summed E-state index contributed by atoms with van der Waals surface area (Å²) in [6.45, 7) is 6.20. The Morgan fingerprint density at radius 2 is 2.00 bits per heavy atom. The van der Waals surface area contributed by atoms with Crippen LogP contribution in [-0.2, 0) is 9.59 Å². The van der Waals surface area contributed by atoms with E-state index in [9.17, 15) is 14.4 Å². The van der Waals surface area contributed by atoms with Crippen LogP contribution in [-0.4, -0.2) is 52.2 Å². The molecule has 0 aliphatic carbocycles. The first kappa shape index (κ1) is 16.9. The number of rotatable bonds is 9. The van der Waals surface area contributed by atoms with Crippen LogP contribution in [0.2, 0.25) is 0 Å². The molecule has 7 nitrogen and oxygen atoms in total. The molecule has 0 radical (unpaired) electrons. The van der Waals surface area contributed by atoms with Crippen molar-refractivity contribution < 1.29 is 24.6 Å². The van der Waals surface area contributed by atoms with Crippen molar-refractivity contribution in [2.75, 3.05) is 13.1 Å². The number of aliphatic carboxylic acids is 2. The third kappa shape index (κ3) is 7.07. The van der Waals surface area contributed by atoms with Gasteiger partial charge in [-0.25, -0.2) is 9.59 Å². The fourth-order valence-corrected chi connectivity index (χ4v) is 1.47. The molecule has 0 rings (SSSR count). The van der Waals surface area contributed by atoms with Crippen molar-refractivity contribution in [1.29, 1.82) is 0 Å². The molecule has 19 heavy (non-hydrogen) atoms. The summed E-state index contributed by atoms with van der Waals surface area (Å²) in [7, 11) is 0. The van der Waals surface area contributed by atoms with Gasteiger partial charge in [-0.3, -0.25) is 4.79 Å². The molecule has 0 aliphatic heterocycles. The van der Waals surface area contributed by atoms with Crippen LogP contribution in [0.1, 0.15) is 26.2 Å². The molecule has 7 heteroatoms. The van der Waals surface area contributed by atoms with Crippen molar-refractivity contribution in [3.63, 3.8) is 0 Å². The summed E-state index contributed by atoms with van der Waals surface area (Å²) in [4.78, 5) is 34.6. The Kier molecular flexibility index (Phi) is 7.99. The van der Waals surface area contributed by atoms with Crippen LogP contribution in [0.5, 0.6) is 0 Å². The van der Waals surface area contributed by atoms with Gasteiger partial charge < -0.3 is 20.4 Å². The highest BCUT2D eigenvalue weighted by Crippen LogP contribution is 2.01. The molecule has 0 aliphatic rings. The Morgan fingerprint density at radius 1 is 1.37 bits per heavy atom. The number of nitrogens with zero attached hydrogens (tertiary/aromatic N) is 1. The second-order valence-corrected chi connectivity index (χ2v) is 4.01. The van der Waals surface area contributed by atoms with Crippen molar-refractivity contribution in [1.82, 2.24) is 10.2 Å². The predicted octanol–water partition coefficient (Wildman–Crippen LogP) is 0.912. The van der Waals surface area contributed by atoms with Crippen molar-refractivity contribution in [2.24, 2.45) is 0 Å². The maximum Gasteiger partial charge on any atom is 0.326 e. The zero-order valence-corrected chi connectivity index (χ0v) is 11.0. The lowest BCUT2D eigenvalue weighted by Gasteiger charge is -2.23. The Balaban J connectivity index is 4.54. The van der Waals surface area contributed by atoms with Crippen molar-refractivity contribution in [2.45, 2.75) is 32.2 Å². The van der Waals surface area contributed by atoms with E-state index in [1.54, 1.807) is 6.08 Å². The monoisotopic (exact) mass is 272 g/mol. The Labute approximate surface area is 111 Å². The van der Waals surface area contributed by atoms with Crippen LogP contribution in [0.4, 0.5) is 4.79 Å². The van der Waals surface area contributed by atoms with E-state index in [0.717, 1.165) is 6.42 Å². The van der Waals surface area contributed by atoms with E-state index in [1.807, 2.05) is 6.92 Å². The molecule has 0 unspecified atom stereocenters. The minimum atomic E-state index is -1.25. The highest BCUT2D eigenvalue weighted by Gasteiger charge is 2.23. The lowest BCUT2D eigenvalue weighted by Crippen LogP contribution is -2.48. The topological polar surface area (TPSA) is 107 Å². The van der Waals surface area contributed by atoms with Crippen LogP contribution in [0.25, 0.3) is 0 Å². The second-order valence-electron chi connectivity index (χ2n) is 4.01. The molecule has 0 spiro atoms. The molecule has 1 atom stereocenters. The second kappa shape index (κ2) is 8.96. The van der Waals surface area contributed by atoms with Gasteiger partial charge in [0.2, 0.25) is 0 Å². The summed E-state index contributed by atoms with van der Waals surface area (Å²) in [5, 5.41) is 19.8. The molecule has 0 bridgehead atoms. The van der Waals surface area contributed by atoms with Gasteiger partial charge in [0, 0.05) is 19.5 Å². The van der Waals surface area contributed by atoms with Crippen molar-refractivity contribution in [3.05, 3.63) is 12.7 Å². The smallest absolute Gasteiger partial charge is 0.326 e. The predicted molar refractivity (Wildman–Crippen MR) is 68.9 cm³/mol. The van der Waals surface area contributed by atoms with Gasteiger partial charge in [-0.05, 0) is 12.8 Å². The molecule has 0 heterocycles. The van der Waals surface area contributed by atoms with E-state index in [2.05, 4.69) is 11.9 Å². The zero-order valence-electron chi connectivity index (χ0n) is 11.0. The number of urea groups is 1. The molecule has 0 aromatic carbocycles. The lowest BCUT2D eigenvalue weighted by molar-refractivity contribution is -0.140. The fraction of sp³-hybridized carbons (Fsp3) is 0.583. The molecule has 0 aromatic rings. The van der Waals surface area contributed by atoms with Crippen LogP contribution in [0.3, 0.4) is 0 Å². The first-order chi connectivity index (χ1) is 8.92. The van der Waals surface area contributed by atoms with Crippen LogP contribution >= 0.6 is 0 Å². The van der Waals surface area contributed by atoms with Crippen LogP contribution in [0, 0.1) is 0 Å². The number of carboxylic acid groups (broad SMARTS) is 2. The molecule has 0 saturated carbocycles. The quantitative estimate of drug-likeness (QED) is 0.541. The molecule has 3 N–H and O–H groups in total. The molecule has 0 fully saturated rings. The first-order valence-electron chi connectivity index (χ1n) is 6.03. The molecule has 0 aromatic heterocycles. The number of carbonyl (C=O) groups is 3. The van der Waals surface area contributed by atoms with Gasteiger partial charge in [-0.15, -0.1) is 6.58 Å². The maximum atomic E-state index is 11.8. The van der Waals surface area contributed by atoms with E-state index in [4.69, 9.17) is 10.2 Å². The summed E-state index contributed by atoms with van der Waals surface area (Å²) >= 11 is 0. The Hall–Kier alpha value is -2.05. The zero-order chi connectivity index (χ0) is 14.8. The summed E-state index contributed by atoms with van der Waals surface area (Å²) in [6.07, 6.45) is 1.81. The number of hydrogen-bond acceptors (Lipinski definition) is 3. The summed E-state index contributed by atoms with van der Waals surface area (Å²) in [6, 6.07) is -1.73. The largest absolute Gasteiger partial charge is 0.481 e. The Morgan fingerprint density at radius 3 is 2.42 bits per heavy atom. The number of hydrogen-bond donors (Lipinski definition) is 3. The number of amides is 2. The summed E-state index contributed by atoms with van der Waals surface area (Å²) in [5.41, 5.74) is 0. The average Bonchev–Trinajstić information content (AvgIpc) is 2.33. The number of carboxylic acids is 2. The van der Waals surface area contributed by atoms with E-state index in [1.165, 1.54) is 4.90 Å². The van der Waals surface area contributed by atoms with E-state index in [0.29, 0.717) is 13.1 Å². The third-order valence-electron chi connectivity index (χ3n) is 2.37. The molecular weight excluding hydrogens is 252 g/mol. The molecule has 0 saturated heterocycles. The average molecular weight is 272 g/mol. The van der Waals surface area contributed by atoms with E-state index in [-0.39, 0.29) is 12.8 Å². The van der Waals surface area contributed by atoms with Gasteiger partial charge in [0.1, 0.15) is 6.04 Å². The van der Waals surface area contributed by atoms with Crippen LogP contribution in [0.15, 0.2) is 12.7 Å². The minimum absolute atomic E-state index is 0.148. The van der Waals surface area contributed by atoms with Gasteiger partial charge in [0.15, 0.2) is 0 Å². The lowest BCUT2D eigenvalue weighted by atomic mass is 10.1. The van der Waals surface area contributed by atoms with Crippen molar-refractivity contribution >= 4 is 18.0 Å². The van der Waals surface area contributed by atoms with Crippen molar-refractivity contribution in [3.8, 4) is 0 Å². The van der Waals surface area contributed by atoms with E-state index >= 15 is 0 Å². The highest BCUT2D eigenvalue weighted by atomic mass is 16.4. The molecule has 108 valence electrons. The van der Waals surface area contributed by atoms with Gasteiger partial charge in [-0.1, -0.05) is 13.0 Å². The van der Waals surface area contributed by atoms with Gasteiger partial charge >= 0.3 is 18.0 Å². The number of carbonyl (C=O) groups excluding carboxylic acids is 1. The maximum absolute atomic E-state index is 11.8. The van der Waals surface area contributed by atoms with Gasteiger partial charge in [-0.2, -0.15) is 0 Å². The van der Waals surface area contributed by atoms with Crippen LogP contribution < -0.4 is 5.32 Å². The minimum Gasteiger partial charge on any atom is -0.481 e. The van der Waals surface area contributed by atoms with Gasteiger partial charge in [0.25, 0.3) is 0 Å². The normalized spacial score (nSPS) is 11.4. The Bertz CT molecular complexity index is 343. The van der Waals surface area contributed by atoms with E-state index < -0.39 is 24.0 Å². The SMILES string of the molecule is C=CCN(CCC)C(=O)N[C@@H](CCC(=O)O)C(=O)O.